The number of aliphatic hydroxyl groups excluding tert-OH is 9. The topological polar surface area (TPSA) is 359 Å². The molecular formula is C27H47N3O19. The van der Waals surface area contributed by atoms with E-state index in [1.165, 1.54) is 0 Å². The van der Waals surface area contributed by atoms with Gasteiger partial charge in [0.2, 0.25) is 11.8 Å². The molecule has 3 aliphatic rings. The van der Waals surface area contributed by atoms with Crippen LogP contribution in [0.3, 0.4) is 0 Å². The summed E-state index contributed by atoms with van der Waals surface area (Å²) in [4.78, 5) is 36.1. The molecule has 22 heteroatoms. The van der Waals surface area contributed by atoms with E-state index in [2.05, 4.69) is 10.6 Å². The lowest BCUT2D eigenvalue weighted by molar-refractivity contribution is -0.360. The van der Waals surface area contributed by atoms with E-state index in [-0.39, 0.29) is 13.2 Å². The molecule has 0 aliphatic carbocycles. The number of ether oxygens (including phenoxy) is 6. The van der Waals surface area contributed by atoms with Crippen molar-refractivity contribution in [2.75, 3.05) is 33.0 Å². The molecule has 284 valence electrons. The third-order valence-electron chi connectivity index (χ3n) is 8.25. The van der Waals surface area contributed by atoms with Gasteiger partial charge >= 0.3 is 5.97 Å². The maximum atomic E-state index is 12.5. The van der Waals surface area contributed by atoms with Gasteiger partial charge in [-0.3, -0.25) is 9.59 Å². The SMILES string of the molecule is CC(=O)NC1C(OCCN)OC(CO)C(OC2OC(COC3(C(=O)O)CC(O)C(NC(C)=O)C([C@H](O)[C@H](O)CO)O3)C(O)C(O)C2O)C1O. The quantitative estimate of drug-likeness (QED) is 0.0748. The first kappa shape index (κ1) is 41.2. The summed E-state index contributed by atoms with van der Waals surface area (Å²) < 4.78 is 33.4. The molecule has 22 nitrogen and oxygen atoms in total. The van der Waals surface area contributed by atoms with Crippen molar-refractivity contribution in [3.8, 4) is 0 Å². The number of rotatable bonds is 15. The molecule has 14 unspecified atom stereocenters. The van der Waals surface area contributed by atoms with Crippen LogP contribution in [0, 0.1) is 0 Å². The molecular weight excluding hydrogens is 670 g/mol. The molecule has 49 heavy (non-hydrogen) atoms. The molecule has 3 aliphatic heterocycles. The summed E-state index contributed by atoms with van der Waals surface area (Å²) >= 11 is 0. The van der Waals surface area contributed by atoms with E-state index in [9.17, 15) is 65.4 Å². The fraction of sp³-hybridized carbons (Fsp3) is 0.889. The smallest absolute Gasteiger partial charge is 0.364 e. The Hall–Kier alpha value is -2.23. The maximum Gasteiger partial charge on any atom is 0.364 e. The Morgan fingerprint density at radius 1 is 0.898 bits per heavy atom. The first-order valence-corrected chi connectivity index (χ1v) is 15.4. The van der Waals surface area contributed by atoms with Gasteiger partial charge < -0.3 is 95.9 Å². The molecule has 2 amide bonds. The second-order valence-electron chi connectivity index (χ2n) is 11.9. The summed E-state index contributed by atoms with van der Waals surface area (Å²) in [6.45, 7) is -0.558. The van der Waals surface area contributed by atoms with Crippen molar-refractivity contribution in [2.45, 2.75) is 118 Å². The van der Waals surface area contributed by atoms with Gasteiger partial charge in [-0.15, -0.1) is 0 Å². The summed E-state index contributed by atoms with van der Waals surface area (Å²) in [6, 6.07) is -2.77. The van der Waals surface area contributed by atoms with Gasteiger partial charge in [0.05, 0.1) is 38.6 Å². The minimum atomic E-state index is -2.84. The normalized spacial score (nSPS) is 41.0. The van der Waals surface area contributed by atoms with Crippen LogP contribution in [0.15, 0.2) is 0 Å². The number of carbonyl (C=O) groups is 3. The van der Waals surface area contributed by atoms with E-state index < -0.39 is 142 Å². The zero-order valence-electron chi connectivity index (χ0n) is 26.6. The number of carbonyl (C=O) groups excluding carboxylic acids is 2. The molecule has 0 spiro atoms. The molecule has 0 saturated carbocycles. The Balaban J connectivity index is 1.84. The molecule has 0 aromatic carbocycles. The van der Waals surface area contributed by atoms with Gasteiger partial charge in [-0.2, -0.15) is 0 Å². The summed E-state index contributed by atoms with van der Waals surface area (Å²) in [6.07, 6.45) is -24.1. The van der Waals surface area contributed by atoms with E-state index in [1.54, 1.807) is 0 Å². The number of hydrogen-bond acceptors (Lipinski definition) is 19. The number of carboxylic acid groups (broad SMARTS) is 1. The van der Waals surface area contributed by atoms with Gasteiger partial charge in [0.15, 0.2) is 12.6 Å². The average Bonchev–Trinajstić information content (AvgIpc) is 3.05. The highest BCUT2D eigenvalue weighted by Crippen LogP contribution is 2.35. The largest absolute Gasteiger partial charge is 0.477 e. The summed E-state index contributed by atoms with van der Waals surface area (Å²) in [7, 11) is 0. The average molecular weight is 718 g/mol. The van der Waals surface area contributed by atoms with Gasteiger partial charge in [-0.1, -0.05) is 0 Å². The molecule has 14 N–H and O–H groups in total. The van der Waals surface area contributed by atoms with Crippen LogP contribution in [-0.4, -0.2) is 199 Å². The molecule has 0 aromatic heterocycles. The number of hydrogen-bond donors (Lipinski definition) is 13. The second kappa shape index (κ2) is 17.8. The number of amides is 2. The predicted octanol–water partition coefficient (Wildman–Crippen LogP) is -8.10. The first-order valence-electron chi connectivity index (χ1n) is 15.4. The maximum absolute atomic E-state index is 12.5. The van der Waals surface area contributed by atoms with Crippen molar-refractivity contribution in [3.05, 3.63) is 0 Å². The van der Waals surface area contributed by atoms with E-state index >= 15 is 0 Å². The summed E-state index contributed by atoms with van der Waals surface area (Å²) in [5.41, 5.74) is 5.46. The van der Waals surface area contributed by atoms with Gasteiger partial charge in [-0.25, -0.2) is 4.79 Å². The Morgan fingerprint density at radius 3 is 2.06 bits per heavy atom. The Kier molecular flexibility index (Phi) is 15.0. The summed E-state index contributed by atoms with van der Waals surface area (Å²) in [5, 5.41) is 109. The van der Waals surface area contributed by atoms with Gasteiger partial charge in [0.25, 0.3) is 5.79 Å². The number of nitrogens with one attached hydrogen (secondary N) is 2. The van der Waals surface area contributed by atoms with E-state index in [4.69, 9.17) is 34.2 Å². The van der Waals surface area contributed by atoms with Crippen molar-refractivity contribution in [2.24, 2.45) is 5.73 Å². The van der Waals surface area contributed by atoms with Crippen molar-refractivity contribution in [1.82, 2.24) is 10.6 Å². The van der Waals surface area contributed by atoms with Crippen molar-refractivity contribution in [3.63, 3.8) is 0 Å². The summed E-state index contributed by atoms with van der Waals surface area (Å²) in [5.74, 6) is -6.03. The highest BCUT2D eigenvalue weighted by Gasteiger charge is 2.57. The van der Waals surface area contributed by atoms with Gasteiger partial charge in [-0.05, 0) is 0 Å². The Bertz CT molecular complexity index is 1110. The Morgan fingerprint density at radius 2 is 1.51 bits per heavy atom. The highest BCUT2D eigenvalue weighted by atomic mass is 16.8. The van der Waals surface area contributed by atoms with Crippen LogP contribution in [0.2, 0.25) is 0 Å². The number of nitrogens with two attached hydrogens (primary N) is 1. The lowest BCUT2D eigenvalue weighted by Crippen LogP contribution is -2.69. The first-order chi connectivity index (χ1) is 23.0. The van der Waals surface area contributed by atoms with E-state index in [0.717, 1.165) is 13.8 Å². The van der Waals surface area contributed by atoms with Crippen LogP contribution in [0.5, 0.6) is 0 Å². The number of aliphatic carboxylic acids is 1. The molecule has 0 bridgehead atoms. The van der Waals surface area contributed by atoms with Crippen LogP contribution in [-0.2, 0) is 42.8 Å². The Labute approximate surface area is 279 Å². The van der Waals surface area contributed by atoms with E-state index in [0.29, 0.717) is 0 Å². The molecule has 16 atom stereocenters. The van der Waals surface area contributed by atoms with Gasteiger partial charge in [0.1, 0.15) is 67.1 Å². The third-order valence-corrected chi connectivity index (χ3v) is 8.25. The fourth-order valence-electron chi connectivity index (χ4n) is 5.77. The molecule has 0 aromatic rings. The van der Waals surface area contributed by atoms with Gasteiger partial charge in [0, 0.05) is 26.8 Å². The lowest BCUT2D eigenvalue weighted by atomic mass is 9.88. The minimum absolute atomic E-state index is 0.0488. The molecule has 0 radical (unpaired) electrons. The molecule has 3 rings (SSSR count). The minimum Gasteiger partial charge on any atom is -0.477 e. The monoisotopic (exact) mass is 717 g/mol. The molecule has 3 heterocycles. The number of carboxylic acids is 1. The lowest BCUT2D eigenvalue weighted by Gasteiger charge is -2.48. The van der Waals surface area contributed by atoms with Crippen molar-refractivity contribution < 1.29 is 93.9 Å². The predicted molar refractivity (Wildman–Crippen MR) is 154 cm³/mol. The zero-order valence-corrected chi connectivity index (χ0v) is 26.6. The third kappa shape index (κ3) is 9.56. The van der Waals surface area contributed by atoms with Crippen LogP contribution < -0.4 is 16.4 Å². The van der Waals surface area contributed by atoms with Crippen LogP contribution in [0.4, 0.5) is 0 Å². The van der Waals surface area contributed by atoms with Crippen LogP contribution in [0.1, 0.15) is 20.3 Å². The van der Waals surface area contributed by atoms with Crippen LogP contribution >= 0.6 is 0 Å². The standard InChI is InChI=1S/C27H47N3O19/c1-9(33)29-15-11(35)5-27(26(42)43,49-23(15)17(37)12(36)6-31)45-8-14-18(38)20(40)21(41)25(47-14)48-22-13(7-32)46-24(44-4-3-28)16(19(22)39)30-10(2)34/h11-25,31-32,35-41H,3-8,28H2,1-2H3,(H,29,33)(H,30,34)(H,42,43)/t11?,12-,13?,14?,15?,16?,17-,18?,19?,20?,21?,22?,23?,24?,25?,27?/m1/s1. The fourth-order valence-corrected chi connectivity index (χ4v) is 5.77. The second-order valence-corrected chi connectivity index (χ2v) is 11.9. The highest BCUT2D eigenvalue weighted by molar-refractivity contribution is 5.76. The zero-order chi connectivity index (χ0) is 36.8. The van der Waals surface area contributed by atoms with E-state index in [1.807, 2.05) is 0 Å². The van der Waals surface area contributed by atoms with Crippen molar-refractivity contribution >= 4 is 17.8 Å². The molecule has 3 fully saturated rings. The molecule has 3 saturated heterocycles. The van der Waals surface area contributed by atoms with Crippen molar-refractivity contribution in [1.29, 1.82) is 0 Å². The van der Waals surface area contributed by atoms with Crippen LogP contribution in [0.25, 0.3) is 0 Å². The number of aliphatic hydroxyl groups is 9.